The molecule has 0 bridgehead atoms. The van der Waals surface area contributed by atoms with Crippen molar-refractivity contribution in [2.24, 2.45) is 5.92 Å². The Bertz CT molecular complexity index is 511. The van der Waals surface area contributed by atoms with Crippen LogP contribution in [0.5, 0.6) is 0 Å². The standard InChI is InChI=1S/C17H29N5O.2ClH/c1-2-21-11-7-15(8-12-21)22-16(6-10-19-22)20-17(23)4-3-14-5-9-18-13-14;;/h6,10,14-15,18H,2-5,7-9,11-13H2,1H3,(H,20,23);2*1H. The predicted molar refractivity (Wildman–Crippen MR) is 106 cm³/mol. The van der Waals surface area contributed by atoms with E-state index in [1.165, 1.54) is 6.42 Å². The molecule has 1 unspecified atom stereocenters. The van der Waals surface area contributed by atoms with E-state index >= 15 is 0 Å². The second-order valence-electron chi connectivity index (χ2n) is 6.77. The van der Waals surface area contributed by atoms with Crippen LogP contribution in [-0.2, 0) is 4.79 Å². The molecule has 0 radical (unpaired) electrons. The minimum absolute atomic E-state index is 0. The van der Waals surface area contributed by atoms with Crippen molar-refractivity contribution in [2.75, 3.05) is 38.0 Å². The van der Waals surface area contributed by atoms with Crippen LogP contribution in [0.25, 0.3) is 0 Å². The van der Waals surface area contributed by atoms with E-state index in [4.69, 9.17) is 0 Å². The van der Waals surface area contributed by atoms with E-state index in [0.717, 1.165) is 57.8 Å². The summed E-state index contributed by atoms with van der Waals surface area (Å²) < 4.78 is 2.02. The maximum atomic E-state index is 12.2. The first kappa shape index (κ1) is 22.2. The fourth-order valence-electron chi connectivity index (χ4n) is 3.69. The van der Waals surface area contributed by atoms with Crippen LogP contribution in [0.15, 0.2) is 12.3 Å². The van der Waals surface area contributed by atoms with Crippen LogP contribution in [0.3, 0.4) is 0 Å². The Morgan fingerprint density at radius 2 is 2.08 bits per heavy atom. The summed E-state index contributed by atoms with van der Waals surface area (Å²) >= 11 is 0. The lowest BCUT2D eigenvalue weighted by Gasteiger charge is -2.31. The van der Waals surface area contributed by atoms with Crippen molar-refractivity contribution in [3.63, 3.8) is 0 Å². The summed E-state index contributed by atoms with van der Waals surface area (Å²) in [6.07, 6.45) is 6.77. The molecule has 1 aromatic heterocycles. The van der Waals surface area contributed by atoms with Gasteiger partial charge in [0.15, 0.2) is 0 Å². The van der Waals surface area contributed by atoms with Gasteiger partial charge in [-0.05, 0) is 51.2 Å². The molecule has 0 aliphatic carbocycles. The topological polar surface area (TPSA) is 62.2 Å². The molecule has 2 N–H and O–H groups in total. The largest absolute Gasteiger partial charge is 0.316 e. The Labute approximate surface area is 162 Å². The van der Waals surface area contributed by atoms with Gasteiger partial charge in [-0.1, -0.05) is 6.92 Å². The zero-order chi connectivity index (χ0) is 16.1. The second-order valence-corrected chi connectivity index (χ2v) is 6.77. The van der Waals surface area contributed by atoms with Crippen LogP contribution < -0.4 is 10.6 Å². The number of carbonyl (C=O) groups excluding carboxylic acids is 1. The molecule has 3 rings (SSSR count). The molecule has 25 heavy (non-hydrogen) atoms. The van der Waals surface area contributed by atoms with Gasteiger partial charge in [0, 0.05) is 25.6 Å². The summed E-state index contributed by atoms with van der Waals surface area (Å²) in [6.45, 7) is 7.70. The maximum Gasteiger partial charge on any atom is 0.225 e. The second kappa shape index (κ2) is 11.0. The first-order chi connectivity index (χ1) is 11.3. The van der Waals surface area contributed by atoms with Crippen molar-refractivity contribution in [1.29, 1.82) is 0 Å². The lowest BCUT2D eigenvalue weighted by molar-refractivity contribution is -0.116. The highest BCUT2D eigenvalue weighted by molar-refractivity contribution is 5.89. The number of halogens is 2. The molecule has 2 aliphatic heterocycles. The van der Waals surface area contributed by atoms with Gasteiger partial charge < -0.3 is 15.5 Å². The molecule has 144 valence electrons. The van der Waals surface area contributed by atoms with Crippen molar-refractivity contribution in [1.82, 2.24) is 20.0 Å². The summed E-state index contributed by atoms with van der Waals surface area (Å²) in [5, 5.41) is 10.9. The number of piperidine rings is 1. The molecule has 0 aromatic carbocycles. The zero-order valence-electron chi connectivity index (χ0n) is 14.9. The monoisotopic (exact) mass is 391 g/mol. The number of amides is 1. The molecule has 1 aromatic rings. The molecule has 1 atom stereocenters. The number of hydrogen-bond donors (Lipinski definition) is 2. The van der Waals surface area contributed by atoms with Gasteiger partial charge in [-0.3, -0.25) is 4.79 Å². The lowest BCUT2D eigenvalue weighted by Crippen LogP contribution is -2.35. The quantitative estimate of drug-likeness (QED) is 0.782. The number of rotatable bonds is 6. The molecule has 0 saturated carbocycles. The number of carbonyl (C=O) groups is 1. The van der Waals surface area contributed by atoms with Gasteiger partial charge in [0.2, 0.25) is 5.91 Å². The summed E-state index contributed by atoms with van der Waals surface area (Å²) in [5.41, 5.74) is 0. The molecule has 2 saturated heterocycles. The highest BCUT2D eigenvalue weighted by Crippen LogP contribution is 2.25. The fourth-order valence-corrected chi connectivity index (χ4v) is 3.69. The summed E-state index contributed by atoms with van der Waals surface area (Å²) in [7, 11) is 0. The number of aromatic nitrogens is 2. The third kappa shape index (κ3) is 6.13. The van der Waals surface area contributed by atoms with Crippen molar-refractivity contribution in [2.45, 2.75) is 45.1 Å². The number of nitrogens with zero attached hydrogens (tertiary/aromatic N) is 3. The minimum atomic E-state index is 0. The van der Waals surface area contributed by atoms with E-state index in [1.807, 2.05) is 10.7 Å². The highest BCUT2D eigenvalue weighted by Gasteiger charge is 2.22. The Hall–Kier alpha value is -0.820. The van der Waals surface area contributed by atoms with Crippen molar-refractivity contribution in [3.05, 3.63) is 12.3 Å². The Morgan fingerprint density at radius 3 is 2.72 bits per heavy atom. The average Bonchev–Trinajstić information content (AvgIpc) is 3.25. The zero-order valence-corrected chi connectivity index (χ0v) is 16.6. The van der Waals surface area contributed by atoms with Crippen molar-refractivity contribution < 1.29 is 4.79 Å². The third-order valence-corrected chi connectivity index (χ3v) is 5.23. The van der Waals surface area contributed by atoms with Gasteiger partial charge in [0.1, 0.15) is 5.82 Å². The smallest absolute Gasteiger partial charge is 0.225 e. The predicted octanol–water partition coefficient (Wildman–Crippen LogP) is 2.71. The van der Waals surface area contributed by atoms with Gasteiger partial charge in [-0.15, -0.1) is 24.8 Å². The summed E-state index contributed by atoms with van der Waals surface area (Å²) in [4.78, 5) is 14.7. The molecule has 3 heterocycles. The average molecular weight is 392 g/mol. The number of hydrogen-bond acceptors (Lipinski definition) is 4. The van der Waals surface area contributed by atoms with Crippen LogP contribution in [0, 0.1) is 5.92 Å². The summed E-state index contributed by atoms with van der Waals surface area (Å²) in [5.74, 6) is 1.63. The van der Waals surface area contributed by atoms with Gasteiger partial charge in [0.25, 0.3) is 0 Å². The fraction of sp³-hybridized carbons (Fsp3) is 0.765. The normalized spacial score (nSPS) is 21.4. The molecule has 0 spiro atoms. The van der Waals surface area contributed by atoms with E-state index in [2.05, 4.69) is 27.6 Å². The minimum Gasteiger partial charge on any atom is -0.316 e. The van der Waals surface area contributed by atoms with Crippen LogP contribution in [-0.4, -0.2) is 53.3 Å². The van der Waals surface area contributed by atoms with Gasteiger partial charge in [-0.2, -0.15) is 5.10 Å². The van der Waals surface area contributed by atoms with Crippen LogP contribution in [0.1, 0.15) is 45.1 Å². The number of anilines is 1. The molecule has 1 amide bonds. The SMILES string of the molecule is CCN1CCC(n2nccc2NC(=O)CCC2CCNC2)CC1.Cl.Cl. The Kier molecular flexibility index (Phi) is 9.79. The van der Waals surface area contributed by atoms with Crippen LogP contribution in [0.4, 0.5) is 5.82 Å². The van der Waals surface area contributed by atoms with Crippen LogP contribution in [0.2, 0.25) is 0 Å². The lowest BCUT2D eigenvalue weighted by atomic mass is 10.0. The Morgan fingerprint density at radius 1 is 1.32 bits per heavy atom. The van der Waals surface area contributed by atoms with E-state index in [0.29, 0.717) is 18.4 Å². The number of nitrogens with one attached hydrogen (secondary N) is 2. The highest BCUT2D eigenvalue weighted by atomic mass is 35.5. The van der Waals surface area contributed by atoms with Gasteiger partial charge in [-0.25, -0.2) is 4.68 Å². The van der Waals surface area contributed by atoms with E-state index in [9.17, 15) is 4.79 Å². The third-order valence-electron chi connectivity index (χ3n) is 5.23. The molecule has 2 fully saturated rings. The van der Waals surface area contributed by atoms with Gasteiger partial charge >= 0.3 is 0 Å². The maximum absolute atomic E-state index is 12.2. The van der Waals surface area contributed by atoms with E-state index < -0.39 is 0 Å². The summed E-state index contributed by atoms with van der Waals surface area (Å²) in [6, 6.07) is 2.32. The first-order valence-electron chi connectivity index (χ1n) is 9.02. The van der Waals surface area contributed by atoms with Crippen LogP contribution >= 0.6 is 24.8 Å². The van der Waals surface area contributed by atoms with Gasteiger partial charge in [0.05, 0.1) is 12.2 Å². The van der Waals surface area contributed by atoms with Crippen molar-refractivity contribution >= 4 is 36.5 Å². The molecular weight excluding hydrogens is 361 g/mol. The molecule has 8 heteroatoms. The van der Waals surface area contributed by atoms with E-state index in [1.54, 1.807) is 6.20 Å². The molecule has 2 aliphatic rings. The van der Waals surface area contributed by atoms with Crippen molar-refractivity contribution in [3.8, 4) is 0 Å². The van der Waals surface area contributed by atoms with E-state index in [-0.39, 0.29) is 30.7 Å². The first-order valence-corrected chi connectivity index (χ1v) is 9.02. The Balaban J connectivity index is 0.00000156. The molecular formula is C17H31Cl2N5O. The molecule has 6 nitrogen and oxygen atoms in total. The number of likely N-dealkylation sites (tertiary alicyclic amines) is 1.